The van der Waals surface area contributed by atoms with E-state index in [2.05, 4.69) is 13.8 Å². The van der Waals surface area contributed by atoms with Gasteiger partial charge in [-0.3, -0.25) is 0 Å². The Bertz CT molecular complexity index is 90.7. The van der Waals surface area contributed by atoms with E-state index in [1.54, 1.807) is 5.92 Å². The van der Waals surface area contributed by atoms with Crippen molar-refractivity contribution in [1.29, 1.82) is 0 Å². The number of ether oxygens (including phenoxy) is 1. The van der Waals surface area contributed by atoms with Crippen molar-refractivity contribution in [3.05, 3.63) is 5.92 Å². The summed E-state index contributed by atoms with van der Waals surface area (Å²) in [6.45, 7) is 6.15. The fourth-order valence-corrected chi connectivity index (χ4v) is 1.56. The molecule has 0 aromatic carbocycles. The van der Waals surface area contributed by atoms with Crippen LogP contribution in [0, 0.1) is 11.8 Å². The maximum Gasteiger partial charge on any atom is 0.0436 e. The fourth-order valence-electron chi connectivity index (χ4n) is 1.56. The minimum Gasteiger partial charge on any atom is -0.384 e. The molecule has 1 atom stereocenters. The Morgan fingerprint density at radius 2 is 2.40 bits per heavy atom. The first kappa shape index (κ1) is 8.06. The minimum absolute atomic E-state index is 0.778. The normalized spacial score (nSPS) is 27.6. The molecule has 1 fully saturated rings. The second-order valence-corrected chi connectivity index (χ2v) is 3.09. The van der Waals surface area contributed by atoms with Crippen LogP contribution < -0.4 is 0 Å². The van der Waals surface area contributed by atoms with Crippen LogP contribution in [-0.2, 0) is 4.74 Å². The summed E-state index contributed by atoms with van der Waals surface area (Å²) in [6.07, 6.45) is 4.06. The van der Waals surface area contributed by atoms with Crippen LogP contribution in [0.25, 0.3) is 0 Å². The summed E-state index contributed by atoms with van der Waals surface area (Å²) in [6, 6.07) is 0. The van der Waals surface area contributed by atoms with E-state index in [4.69, 9.17) is 4.74 Å². The van der Waals surface area contributed by atoms with Gasteiger partial charge in [0.15, 0.2) is 0 Å². The summed E-state index contributed by atoms with van der Waals surface area (Å²) in [4.78, 5) is 0. The molecule has 0 aromatic heterocycles. The molecule has 0 spiro atoms. The molecule has 0 aliphatic heterocycles. The van der Waals surface area contributed by atoms with Crippen LogP contribution in [0.3, 0.4) is 0 Å². The molecule has 1 unspecified atom stereocenters. The number of hydrogen-bond acceptors (Lipinski definition) is 1. The topological polar surface area (TPSA) is 9.23 Å². The molecule has 1 nitrogen and oxygen atoms in total. The Morgan fingerprint density at radius 3 is 2.90 bits per heavy atom. The van der Waals surface area contributed by atoms with Crippen LogP contribution >= 0.6 is 0 Å². The van der Waals surface area contributed by atoms with E-state index < -0.39 is 0 Å². The quantitative estimate of drug-likeness (QED) is 0.548. The van der Waals surface area contributed by atoms with Crippen molar-refractivity contribution in [3.8, 4) is 0 Å². The Morgan fingerprint density at radius 1 is 1.60 bits per heavy atom. The minimum atomic E-state index is 0.778. The zero-order chi connectivity index (χ0) is 7.40. The van der Waals surface area contributed by atoms with Crippen LogP contribution in [-0.4, -0.2) is 13.2 Å². The van der Waals surface area contributed by atoms with Crippen LogP contribution in [0.4, 0.5) is 0 Å². The van der Waals surface area contributed by atoms with Crippen molar-refractivity contribution in [2.24, 2.45) is 5.92 Å². The summed E-state index contributed by atoms with van der Waals surface area (Å²) in [5.74, 6) is 2.42. The largest absolute Gasteiger partial charge is 0.384 e. The predicted octanol–water partition coefficient (Wildman–Crippen LogP) is 2.42. The number of rotatable bonds is 3. The van der Waals surface area contributed by atoms with E-state index in [0.29, 0.717) is 0 Å². The second-order valence-electron chi connectivity index (χ2n) is 3.09. The van der Waals surface area contributed by atoms with Gasteiger partial charge < -0.3 is 10.7 Å². The third-order valence-corrected chi connectivity index (χ3v) is 2.34. The molecule has 0 N–H and O–H groups in total. The van der Waals surface area contributed by atoms with Crippen molar-refractivity contribution in [3.63, 3.8) is 0 Å². The van der Waals surface area contributed by atoms with Gasteiger partial charge in [-0.15, -0.1) is 5.92 Å². The lowest BCUT2D eigenvalue weighted by atomic mass is 9.99. The molecule has 0 bridgehead atoms. The van der Waals surface area contributed by atoms with E-state index in [-0.39, 0.29) is 0 Å². The van der Waals surface area contributed by atoms with Crippen LogP contribution in [0.5, 0.6) is 0 Å². The highest BCUT2D eigenvalue weighted by atomic mass is 16.5. The van der Waals surface area contributed by atoms with Gasteiger partial charge in [0.05, 0.1) is 0 Å². The van der Waals surface area contributed by atoms with Crippen molar-refractivity contribution < 1.29 is 4.74 Å². The van der Waals surface area contributed by atoms with Crippen molar-refractivity contribution in [2.75, 3.05) is 13.2 Å². The molecule has 1 aliphatic rings. The average molecular weight is 141 g/mol. The van der Waals surface area contributed by atoms with Gasteiger partial charge in [0.25, 0.3) is 0 Å². The van der Waals surface area contributed by atoms with Gasteiger partial charge in [0.2, 0.25) is 0 Å². The average Bonchev–Trinajstić information content (AvgIpc) is 2.31. The molecular weight excluding hydrogens is 124 g/mol. The van der Waals surface area contributed by atoms with Gasteiger partial charge in [-0.2, -0.15) is 13.3 Å². The van der Waals surface area contributed by atoms with Gasteiger partial charge in [0, 0.05) is 13.2 Å². The Balaban J connectivity index is 2.14. The molecule has 0 heterocycles. The molecule has 10 heavy (non-hydrogen) atoms. The fraction of sp³-hybridized carbons (Fsp3) is 0.889. The van der Waals surface area contributed by atoms with Gasteiger partial charge in [-0.1, -0.05) is 12.8 Å². The third-order valence-electron chi connectivity index (χ3n) is 2.34. The smallest absolute Gasteiger partial charge is 0.0436 e. The Kier molecular flexibility index (Phi) is 3.20. The molecule has 60 valence electrons. The Hall–Kier alpha value is -0.0400. The Labute approximate surface area is 63.8 Å². The van der Waals surface area contributed by atoms with Gasteiger partial charge >= 0.3 is 0 Å². The molecular formula is C9H17O-. The molecule has 0 saturated heterocycles. The van der Waals surface area contributed by atoms with Crippen LogP contribution in [0.2, 0.25) is 0 Å². The van der Waals surface area contributed by atoms with Gasteiger partial charge in [-0.05, 0) is 6.92 Å². The van der Waals surface area contributed by atoms with E-state index in [1.165, 1.54) is 19.3 Å². The first-order valence-electron chi connectivity index (χ1n) is 4.24. The molecule has 0 radical (unpaired) electrons. The SMILES string of the molecule is CCOCC1CCC[C-]1C. The monoisotopic (exact) mass is 141 g/mol. The molecule has 1 aliphatic carbocycles. The highest BCUT2D eigenvalue weighted by Gasteiger charge is 2.10. The highest BCUT2D eigenvalue weighted by molar-refractivity contribution is 4.97. The van der Waals surface area contributed by atoms with E-state index in [0.717, 1.165) is 19.1 Å². The lowest BCUT2D eigenvalue weighted by Gasteiger charge is -2.26. The predicted molar refractivity (Wildman–Crippen MR) is 42.8 cm³/mol. The zero-order valence-corrected chi connectivity index (χ0v) is 7.02. The summed E-state index contributed by atoms with van der Waals surface area (Å²) in [7, 11) is 0. The lowest BCUT2D eigenvalue weighted by Crippen LogP contribution is -2.10. The van der Waals surface area contributed by atoms with Gasteiger partial charge in [-0.25, -0.2) is 0 Å². The standard InChI is InChI=1S/C9H17O/c1-3-10-7-9-6-4-5-8(9)2/h9H,3-7H2,1-2H3/q-1. The summed E-state index contributed by atoms with van der Waals surface area (Å²) in [5, 5.41) is 0. The molecule has 1 rings (SSSR count). The van der Waals surface area contributed by atoms with Crippen molar-refractivity contribution in [2.45, 2.75) is 33.1 Å². The van der Waals surface area contributed by atoms with Crippen LogP contribution in [0.15, 0.2) is 0 Å². The maximum atomic E-state index is 5.37. The molecule has 0 aromatic rings. The summed E-state index contributed by atoms with van der Waals surface area (Å²) in [5.41, 5.74) is 0. The first-order valence-corrected chi connectivity index (χ1v) is 4.24. The molecule has 1 saturated carbocycles. The third kappa shape index (κ3) is 1.98. The highest BCUT2D eigenvalue weighted by Crippen LogP contribution is 2.32. The van der Waals surface area contributed by atoms with E-state index in [1.807, 2.05) is 0 Å². The maximum absolute atomic E-state index is 5.37. The first-order chi connectivity index (χ1) is 4.84. The zero-order valence-electron chi connectivity index (χ0n) is 7.02. The van der Waals surface area contributed by atoms with Crippen molar-refractivity contribution >= 4 is 0 Å². The molecule has 1 heteroatoms. The van der Waals surface area contributed by atoms with E-state index in [9.17, 15) is 0 Å². The number of hydrogen-bond donors (Lipinski definition) is 0. The summed E-state index contributed by atoms with van der Waals surface area (Å²) < 4.78 is 5.37. The molecule has 0 amide bonds. The van der Waals surface area contributed by atoms with E-state index >= 15 is 0 Å². The van der Waals surface area contributed by atoms with Gasteiger partial charge in [0.1, 0.15) is 0 Å². The van der Waals surface area contributed by atoms with Crippen molar-refractivity contribution in [1.82, 2.24) is 0 Å². The van der Waals surface area contributed by atoms with Crippen LogP contribution in [0.1, 0.15) is 33.1 Å². The summed E-state index contributed by atoms with van der Waals surface area (Å²) >= 11 is 0. The lowest BCUT2D eigenvalue weighted by molar-refractivity contribution is 0.117. The second kappa shape index (κ2) is 3.97.